The molecule has 1 aromatic rings. The molecule has 0 aliphatic heterocycles. The van der Waals surface area contributed by atoms with Gasteiger partial charge in [-0.1, -0.05) is 0 Å². The van der Waals surface area contributed by atoms with E-state index in [1.165, 1.54) is 7.05 Å². The molecule has 0 aliphatic rings. The lowest BCUT2D eigenvalue weighted by Crippen LogP contribution is -2.18. The molecule has 0 aromatic heterocycles. The van der Waals surface area contributed by atoms with E-state index in [9.17, 15) is 25.1 Å². The van der Waals surface area contributed by atoms with E-state index >= 15 is 0 Å². The number of hydrogen-bond donors (Lipinski definition) is 4. The quantitative estimate of drug-likeness (QED) is 0.418. The molecule has 0 radical (unpaired) electrons. The largest absolute Gasteiger partial charge is 0.507 e. The minimum Gasteiger partial charge on any atom is -0.507 e. The maximum Gasteiger partial charge on any atom is 0.353 e. The minimum absolute atomic E-state index is 0.614. The maximum atomic E-state index is 11.2. The van der Waals surface area contributed by atoms with E-state index in [-0.39, 0.29) is 0 Å². The van der Waals surface area contributed by atoms with Crippen LogP contribution in [0.1, 0.15) is 10.4 Å². The van der Waals surface area contributed by atoms with Gasteiger partial charge in [-0.3, -0.25) is 14.9 Å². The van der Waals surface area contributed by atoms with Crippen LogP contribution in [0, 0.1) is 10.1 Å². The molecule has 1 rings (SSSR count). The van der Waals surface area contributed by atoms with Crippen molar-refractivity contribution in [1.82, 2.24) is 5.32 Å². The molecule has 0 bridgehead atoms. The summed E-state index contributed by atoms with van der Waals surface area (Å²) in [4.78, 5) is 20.6. The summed E-state index contributed by atoms with van der Waals surface area (Å²) in [6.45, 7) is 0. The smallest absolute Gasteiger partial charge is 0.353 e. The molecule has 8 nitrogen and oxygen atoms in total. The molecule has 0 heterocycles. The van der Waals surface area contributed by atoms with Crippen LogP contribution in [0.5, 0.6) is 17.2 Å². The summed E-state index contributed by atoms with van der Waals surface area (Å²) in [7, 11) is 1.22. The lowest BCUT2D eigenvalue weighted by Gasteiger charge is -2.07. The molecule has 86 valence electrons. The Labute approximate surface area is 88.9 Å². The third-order valence-corrected chi connectivity index (χ3v) is 1.87. The lowest BCUT2D eigenvalue weighted by molar-refractivity contribution is -0.386. The van der Waals surface area contributed by atoms with Crippen LogP contribution in [0.25, 0.3) is 0 Å². The van der Waals surface area contributed by atoms with E-state index in [2.05, 4.69) is 5.32 Å². The number of aromatic hydroxyl groups is 3. The molecular formula is C8H8N2O6. The number of nitrogens with zero attached hydrogens (tertiary/aromatic N) is 1. The second-order valence-electron chi connectivity index (χ2n) is 2.82. The number of carbonyl (C=O) groups excluding carboxylic acids is 1. The number of nitro groups is 1. The number of benzene rings is 1. The molecule has 16 heavy (non-hydrogen) atoms. The highest BCUT2D eigenvalue weighted by Crippen LogP contribution is 2.42. The summed E-state index contributed by atoms with van der Waals surface area (Å²) in [6, 6.07) is 0.614. The number of nitro benzene ring substituents is 1. The van der Waals surface area contributed by atoms with Crippen LogP contribution in [0.4, 0.5) is 5.69 Å². The van der Waals surface area contributed by atoms with Gasteiger partial charge in [-0.25, -0.2) is 0 Å². The van der Waals surface area contributed by atoms with Gasteiger partial charge in [0, 0.05) is 13.1 Å². The average molecular weight is 228 g/mol. The molecule has 0 saturated carbocycles. The fourth-order valence-electron chi connectivity index (χ4n) is 1.16. The van der Waals surface area contributed by atoms with Gasteiger partial charge >= 0.3 is 5.69 Å². The van der Waals surface area contributed by atoms with Crippen LogP contribution in [0.3, 0.4) is 0 Å². The van der Waals surface area contributed by atoms with Crippen molar-refractivity contribution in [3.05, 3.63) is 21.7 Å². The monoisotopic (exact) mass is 228 g/mol. The first kappa shape index (κ1) is 11.6. The Morgan fingerprint density at radius 3 is 2.38 bits per heavy atom. The number of carbonyl (C=O) groups is 1. The Morgan fingerprint density at radius 2 is 1.94 bits per heavy atom. The van der Waals surface area contributed by atoms with Crippen molar-refractivity contribution in [1.29, 1.82) is 0 Å². The Hall–Kier alpha value is -2.51. The van der Waals surface area contributed by atoms with Crippen molar-refractivity contribution in [3.63, 3.8) is 0 Å². The average Bonchev–Trinajstić information content (AvgIpc) is 2.15. The zero-order valence-corrected chi connectivity index (χ0v) is 8.09. The summed E-state index contributed by atoms with van der Waals surface area (Å²) in [5.41, 5.74) is -1.69. The minimum atomic E-state index is -1.08. The highest BCUT2D eigenvalue weighted by atomic mass is 16.6. The third-order valence-electron chi connectivity index (χ3n) is 1.87. The molecule has 0 atom stereocenters. The Bertz CT molecular complexity index is 470. The van der Waals surface area contributed by atoms with Gasteiger partial charge in [0.15, 0.2) is 0 Å². The SMILES string of the molecule is CNC(=O)c1c(O)cc(O)c([N+](=O)[O-])c1O. The molecule has 0 unspecified atom stereocenters. The van der Waals surface area contributed by atoms with E-state index in [4.69, 9.17) is 5.11 Å². The number of rotatable bonds is 2. The molecule has 4 N–H and O–H groups in total. The van der Waals surface area contributed by atoms with Gasteiger partial charge in [0.05, 0.1) is 4.92 Å². The highest BCUT2D eigenvalue weighted by molar-refractivity contribution is 6.01. The number of phenolic OH excluding ortho intramolecular Hbond substituents is 3. The maximum absolute atomic E-state index is 11.2. The topological polar surface area (TPSA) is 133 Å². The van der Waals surface area contributed by atoms with Gasteiger partial charge in [-0.05, 0) is 0 Å². The molecule has 0 spiro atoms. The van der Waals surface area contributed by atoms with Crippen LogP contribution >= 0.6 is 0 Å². The zero-order chi connectivity index (χ0) is 12.5. The van der Waals surface area contributed by atoms with E-state index in [0.717, 1.165) is 0 Å². The van der Waals surface area contributed by atoms with Crippen molar-refractivity contribution >= 4 is 11.6 Å². The summed E-state index contributed by atoms with van der Waals surface area (Å²) < 4.78 is 0. The predicted molar refractivity (Wildman–Crippen MR) is 51.5 cm³/mol. The van der Waals surface area contributed by atoms with Crippen molar-refractivity contribution < 1.29 is 25.0 Å². The van der Waals surface area contributed by atoms with Crippen molar-refractivity contribution in [3.8, 4) is 17.2 Å². The van der Waals surface area contributed by atoms with Crippen molar-refractivity contribution in [2.24, 2.45) is 0 Å². The van der Waals surface area contributed by atoms with Gasteiger partial charge in [0.25, 0.3) is 5.91 Å². The Balaban J connectivity index is 3.57. The van der Waals surface area contributed by atoms with Crippen LogP contribution in [0.15, 0.2) is 6.07 Å². The van der Waals surface area contributed by atoms with E-state index < -0.39 is 39.3 Å². The molecule has 0 saturated heterocycles. The van der Waals surface area contributed by atoms with Gasteiger partial charge in [-0.15, -0.1) is 0 Å². The molecule has 1 amide bonds. The molecular weight excluding hydrogens is 220 g/mol. The molecule has 0 fully saturated rings. The lowest BCUT2D eigenvalue weighted by atomic mass is 10.1. The predicted octanol–water partition coefficient (Wildman–Crippen LogP) is 0.0712. The van der Waals surface area contributed by atoms with Gasteiger partial charge in [0.1, 0.15) is 11.3 Å². The molecule has 0 aliphatic carbocycles. The van der Waals surface area contributed by atoms with Crippen LogP contribution in [-0.4, -0.2) is 33.2 Å². The zero-order valence-electron chi connectivity index (χ0n) is 8.09. The second kappa shape index (κ2) is 3.93. The number of hydrogen-bond acceptors (Lipinski definition) is 6. The van der Waals surface area contributed by atoms with Crippen LogP contribution in [0.2, 0.25) is 0 Å². The first-order chi connectivity index (χ1) is 7.40. The first-order valence-corrected chi connectivity index (χ1v) is 4.04. The van der Waals surface area contributed by atoms with Crippen LogP contribution in [-0.2, 0) is 0 Å². The summed E-state index contributed by atoms with van der Waals surface area (Å²) in [5, 5.41) is 40.4. The second-order valence-corrected chi connectivity index (χ2v) is 2.82. The standard InChI is InChI=1S/C8H8N2O6/c1-9-8(14)5-3(11)2-4(12)6(7(5)13)10(15)16/h2,11-13H,1H3,(H,9,14). The normalized spacial score (nSPS) is 9.81. The number of amides is 1. The number of phenols is 3. The summed E-state index contributed by atoms with van der Waals surface area (Å²) >= 11 is 0. The first-order valence-electron chi connectivity index (χ1n) is 4.04. The third kappa shape index (κ3) is 1.67. The fraction of sp³-hybridized carbons (Fsp3) is 0.125. The van der Waals surface area contributed by atoms with Gasteiger partial charge in [-0.2, -0.15) is 0 Å². The molecule has 1 aromatic carbocycles. The van der Waals surface area contributed by atoms with Crippen molar-refractivity contribution in [2.75, 3.05) is 7.05 Å². The Morgan fingerprint density at radius 1 is 1.38 bits per heavy atom. The number of nitrogens with one attached hydrogen (secondary N) is 1. The highest BCUT2D eigenvalue weighted by Gasteiger charge is 2.29. The van der Waals surface area contributed by atoms with Gasteiger partial charge < -0.3 is 20.6 Å². The summed E-state index contributed by atoms with van der Waals surface area (Å²) in [5.74, 6) is -3.66. The van der Waals surface area contributed by atoms with E-state index in [1.807, 2.05) is 0 Å². The van der Waals surface area contributed by atoms with E-state index in [1.54, 1.807) is 0 Å². The molecule has 8 heteroatoms. The fourth-order valence-corrected chi connectivity index (χ4v) is 1.16. The van der Waals surface area contributed by atoms with Crippen LogP contribution < -0.4 is 5.32 Å². The summed E-state index contributed by atoms with van der Waals surface area (Å²) in [6.07, 6.45) is 0. The van der Waals surface area contributed by atoms with Crippen molar-refractivity contribution in [2.45, 2.75) is 0 Å². The van der Waals surface area contributed by atoms with E-state index in [0.29, 0.717) is 6.07 Å². The Kier molecular flexibility index (Phi) is 2.84. The van der Waals surface area contributed by atoms with Gasteiger partial charge in [0.2, 0.25) is 11.5 Å².